The van der Waals surface area contributed by atoms with Gasteiger partial charge in [-0.3, -0.25) is 4.18 Å². The van der Waals surface area contributed by atoms with Gasteiger partial charge in [-0.15, -0.1) is 0 Å². The Bertz CT molecular complexity index is 410. The Kier molecular flexibility index (Phi) is 3.63. The van der Waals surface area contributed by atoms with E-state index in [0.717, 1.165) is 13.2 Å². The average Bonchev–Trinajstić information content (AvgIpc) is 2.01. The van der Waals surface area contributed by atoms with Crippen molar-refractivity contribution >= 4 is 26.0 Å². The maximum absolute atomic E-state index is 12.8. The highest BCUT2D eigenvalue weighted by Gasteiger charge is 2.11. The van der Waals surface area contributed by atoms with E-state index in [0.29, 0.717) is 10.0 Å². The van der Waals surface area contributed by atoms with Gasteiger partial charge in [-0.1, -0.05) is 15.9 Å². The first-order chi connectivity index (χ1) is 6.43. The maximum Gasteiger partial charge on any atom is 0.271 e. The minimum Gasteiger partial charge on any atom is -0.273 e. The minimum atomic E-state index is -3.59. The number of halogens is 2. The summed E-state index contributed by atoms with van der Waals surface area (Å²) in [5.74, 6) is -0.819. The Morgan fingerprint density at radius 2 is 2.07 bits per heavy atom. The molecule has 3 nitrogen and oxygen atoms in total. The fourth-order valence-corrected chi connectivity index (χ4v) is 2.16. The van der Waals surface area contributed by atoms with Gasteiger partial charge in [-0.05, 0) is 23.8 Å². The van der Waals surface area contributed by atoms with Crippen LogP contribution >= 0.6 is 15.9 Å². The van der Waals surface area contributed by atoms with Crippen LogP contribution in [0.4, 0.5) is 4.39 Å². The predicted molar refractivity (Wildman–Crippen MR) is 53.7 cm³/mol. The molecule has 1 rings (SSSR count). The molecule has 0 amide bonds. The van der Waals surface area contributed by atoms with Gasteiger partial charge >= 0.3 is 0 Å². The van der Waals surface area contributed by atoms with Gasteiger partial charge in [0.25, 0.3) is 10.1 Å². The van der Waals surface area contributed by atoms with E-state index in [2.05, 4.69) is 20.1 Å². The molecule has 1 aromatic carbocycles. The summed E-state index contributed by atoms with van der Waals surface area (Å²) >= 11 is 3.07. The third kappa shape index (κ3) is 3.36. The van der Waals surface area contributed by atoms with Crippen LogP contribution in [0.1, 0.15) is 5.56 Å². The molecule has 0 atom stereocenters. The Morgan fingerprint density at radius 3 is 2.57 bits per heavy atom. The van der Waals surface area contributed by atoms with Crippen molar-refractivity contribution in [3.05, 3.63) is 34.1 Å². The maximum atomic E-state index is 12.8. The van der Waals surface area contributed by atoms with E-state index >= 15 is 0 Å². The second kappa shape index (κ2) is 4.37. The second-order valence-corrected chi connectivity index (χ2v) is 5.30. The molecule has 0 N–H and O–H groups in total. The Balaban J connectivity index is 2.98. The zero-order valence-electron chi connectivity index (χ0n) is 7.33. The number of hydrogen-bond donors (Lipinski definition) is 0. The van der Waals surface area contributed by atoms with Crippen LogP contribution in [0.15, 0.2) is 22.7 Å². The Labute approximate surface area is 90.1 Å². The van der Waals surface area contributed by atoms with Crippen molar-refractivity contribution in [3.63, 3.8) is 0 Å². The monoisotopic (exact) mass is 282 g/mol. The van der Waals surface area contributed by atoms with Gasteiger partial charge in [0.05, 0.1) is 7.11 Å². The molecule has 14 heavy (non-hydrogen) atoms. The molecular formula is C8H8BrFO3S. The molecule has 0 saturated carbocycles. The fraction of sp³-hybridized carbons (Fsp3) is 0.250. The molecule has 1 aromatic rings. The smallest absolute Gasteiger partial charge is 0.271 e. The van der Waals surface area contributed by atoms with E-state index < -0.39 is 15.9 Å². The van der Waals surface area contributed by atoms with Crippen molar-refractivity contribution in [2.45, 2.75) is 5.75 Å². The Hall–Kier alpha value is -0.460. The van der Waals surface area contributed by atoms with E-state index in [-0.39, 0.29) is 5.75 Å². The molecule has 0 radical (unpaired) electrons. The first-order valence-electron chi connectivity index (χ1n) is 3.66. The van der Waals surface area contributed by atoms with Gasteiger partial charge in [-0.25, -0.2) is 4.39 Å². The third-order valence-electron chi connectivity index (χ3n) is 1.52. The molecule has 0 spiro atoms. The summed E-state index contributed by atoms with van der Waals surface area (Å²) in [6.45, 7) is 0. The van der Waals surface area contributed by atoms with Crippen LogP contribution in [0, 0.1) is 5.82 Å². The highest BCUT2D eigenvalue weighted by Crippen LogP contribution is 2.17. The largest absolute Gasteiger partial charge is 0.273 e. The lowest BCUT2D eigenvalue weighted by molar-refractivity contribution is 0.397. The molecule has 0 aliphatic carbocycles. The molecule has 6 heteroatoms. The first-order valence-corrected chi connectivity index (χ1v) is 6.03. The second-order valence-electron chi connectivity index (χ2n) is 2.65. The van der Waals surface area contributed by atoms with Crippen LogP contribution in [-0.4, -0.2) is 15.5 Å². The SMILES string of the molecule is COS(=O)(=O)Cc1cc(F)cc(Br)c1. The van der Waals surface area contributed by atoms with Gasteiger partial charge in [0, 0.05) is 4.47 Å². The molecule has 0 fully saturated rings. The summed E-state index contributed by atoms with van der Waals surface area (Å²) in [6, 6.07) is 3.93. The van der Waals surface area contributed by atoms with Crippen molar-refractivity contribution < 1.29 is 17.0 Å². The Morgan fingerprint density at radius 1 is 1.43 bits per heavy atom. The topological polar surface area (TPSA) is 43.4 Å². The van der Waals surface area contributed by atoms with Crippen molar-refractivity contribution in [2.24, 2.45) is 0 Å². The number of hydrogen-bond acceptors (Lipinski definition) is 3. The van der Waals surface area contributed by atoms with Crippen LogP contribution in [0.2, 0.25) is 0 Å². The van der Waals surface area contributed by atoms with Crippen molar-refractivity contribution in [2.75, 3.05) is 7.11 Å². The van der Waals surface area contributed by atoms with Gasteiger partial charge < -0.3 is 0 Å². The van der Waals surface area contributed by atoms with Gasteiger partial charge in [0.1, 0.15) is 11.6 Å². The van der Waals surface area contributed by atoms with E-state index in [4.69, 9.17) is 0 Å². The highest BCUT2D eigenvalue weighted by atomic mass is 79.9. The predicted octanol–water partition coefficient (Wildman–Crippen LogP) is 2.06. The van der Waals surface area contributed by atoms with Crippen LogP contribution in [0.25, 0.3) is 0 Å². The molecule has 0 unspecified atom stereocenters. The van der Waals surface area contributed by atoms with E-state index in [1.54, 1.807) is 0 Å². The summed E-state index contributed by atoms with van der Waals surface area (Å²) in [7, 11) is -2.52. The summed E-state index contributed by atoms with van der Waals surface area (Å²) in [5, 5.41) is 0. The number of rotatable bonds is 3. The fourth-order valence-electron chi connectivity index (χ4n) is 0.957. The lowest BCUT2D eigenvalue weighted by atomic mass is 10.2. The molecule has 0 aliphatic heterocycles. The normalized spacial score (nSPS) is 11.6. The van der Waals surface area contributed by atoms with Crippen molar-refractivity contribution in [3.8, 4) is 0 Å². The van der Waals surface area contributed by atoms with Gasteiger partial charge in [0.15, 0.2) is 0 Å². The van der Waals surface area contributed by atoms with Crippen molar-refractivity contribution in [1.82, 2.24) is 0 Å². The molecule has 0 saturated heterocycles. The molecule has 0 aliphatic rings. The average molecular weight is 283 g/mol. The first kappa shape index (κ1) is 11.6. The zero-order chi connectivity index (χ0) is 10.8. The summed E-state index contributed by atoms with van der Waals surface area (Å²) in [6.07, 6.45) is 0. The standard InChI is InChI=1S/C8H8BrFO3S/c1-13-14(11,12)5-6-2-7(9)4-8(10)3-6/h2-4H,5H2,1H3. The molecule has 0 heterocycles. The van der Waals surface area contributed by atoms with Crippen molar-refractivity contribution in [1.29, 1.82) is 0 Å². The minimum absolute atomic E-state index is 0.333. The van der Waals surface area contributed by atoms with Crippen LogP contribution < -0.4 is 0 Å². The lowest BCUT2D eigenvalue weighted by Crippen LogP contribution is -2.05. The van der Waals surface area contributed by atoms with Crippen LogP contribution in [0.5, 0.6) is 0 Å². The molecule has 0 aromatic heterocycles. The summed E-state index contributed by atoms with van der Waals surface area (Å²) in [5.41, 5.74) is 0.346. The zero-order valence-corrected chi connectivity index (χ0v) is 9.73. The summed E-state index contributed by atoms with van der Waals surface area (Å²) in [4.78, 5) is 0. The van der Waals surface area contributed by atoms with Gasteiger partial charge in [0.2, 0.25) is 0 Å². The highest BCUT2D eigenvalue weighted by molar-refractivity contribution is 9.10. The molecule has 0 bridgehead atoms. The molecule has 78 valence electrons. The third-order valence-corrected chi connectivity index (χ3v) is 3.17. The van der Waals surface area contributed by atoms with Crippen LogP contribution in [0.3, 0.4) is 0 Å². The number of benzene rings is 1. The van der Waals surface area contributed by atoms with Gasteiger partial charge in [-0.2, -0.15) is 8.42 Å². The summed E-state index contributed by atoms with van der Waals surface area (Å²) < 4.78 is 39.7. The van der Waals surface area contributed by atoms with E-state index in [1.807, 2.05) is 0 Å². The van der Waals surface area contributed by atoms with E-state index in [1.165, 1.54) is 12.1 Å². The molecular weight excluding hydrogens is 275 g/mol. The van der Waals surface area contributed by atoms with E-state index in [9.17, 15) is 12.8 Å². The van der Waals surface area contributed by atoms with Crippen LogP contribution in [-0.2, 0) is 20.1 Å². The quantitative estimate of drug-likeness (QED) is 0.797. The lowest BCUT2D eigenvalue weighted by Gasteiger charge is -2.02.